The summed E-state index contributed by atoms with van der Waals surface area (Å²) in [5, 5.41) is 15.3. The third-order valence-corrected chi connectivity index (χ3v) is 4.33. The van der Waals surface area contributed by atoms with Gasteiger partial charge in [-0.15, -0.1) is 0 Å². The van der Waals surface area contributed by atoms with Crippen LogP contribution in [-0.4, -0.2) is 20.9 Å². The molecule has 1 aromatic carbocycles. The van der Waals surface area contributed by atoms with Gasteiger partial charge in [0.15, 0.2) is 5.16 Å². The van der Waals surface area contributed by atoms with Gasteiger partial charge in [-0.25, -0.2) is 4.98 Å². The van der Waals surface area contributed by atoms with E-state index < -0.39 is 4.92 Å². The highest BCUT2D eigenvalue weighted by molar-refractivity contribution is 7.98. The van der Waals surface area contributed by atoms with Crippen molar-refractivity contribution in [3.63, 3.8) is 0 Å². The van der Waals surface area contributed by atoms with E-state index in [4.69, 9.17) is 11.6 Å². The van der Waals surface area contributed by atoms with Crippen molar-refractivity contribution in [1.29, 1.82) is 0 Å². The van der Waals surface area contributed by atoms with Crippen molar-refractivity contribution in [2.75, 3.05) is 5.32 Å². The maximum atomic E-state index is 11.0. The van der Waals surface area contributed by atoms with Gasteiger partial charge in [-0.3, -0.25) is 10.1 Å². The van der Waals surface area contributed by atoms with Crippen molar-refractivity contribution in [1.82, 2.24) is 9.97 Å². The number of benzene rings is 1. The lowest BCUT2D eigenvalue weighted by atomic mass is 10.2. The molecule has 1 fully saturated rings. The van der Waals surface area contributed by atoms with Gasteiger partial charge in [-0.1, -0.05) is 35.5 Å². The van der Waals surface area contributed by atoms with Gasteiger partial charge >= 0.3 is 5.69 Å². The maximum absolute atomic E-state index is 11.0. The minimum atomic E-state index is -0.460. The number of rotatable bonds is 6. The largest absolute Gasteiger partial charge is 0.361 e. The second-order valence-corrected chi connectivity index (χ2v) is 6.36. The number of halogens is 1. The van der Waals surface area contributed by atoms with E-state index in [1.807, 2.05) is 24.3 Å². The molecule has 0 bridgehead atoms. The van der Waals surface area contributed by atoms with Gasteiger partial charge in [-0.05, 0) is 30.5 Å². The third-order valence-electron chi connectivity index (χ3n) is 3.14. The van der Waals surface area contributed by atoms with Crippen molar-refractivity contribution >= 4 is 34.9 Å². The number of hydrogen-bond acceptors (Lipinski definition) is 6. The second-order valence-electron chi connectivity index (χ2n) is 4.98. The fraction of sp³-hybridized carbons (Fsp3) is 0.286. The molecule has 22 heavy (non-hydrogen) atoms. The molecule has 3 rings (SSSR count). The highest BCUT2D eigenvalue weighted by Crippen LogP contribution is 2.31. The monoisotopic (exact) mass is 336 g/mol. The molecule has 1 N–H and O–H groups in total. The van der Waals surface area contributed by atoms with E-state index in [0.29, 0.717) is 27.8 Å². The molecule has 0 amide bonds. The number of aromatic nitrogens is 2. The average Bonchev–Trinajstić information content (AvgIpc) is 3.30. The van der Waals surface area contributed by atoms with Crippen molar-refractivity contribution < 1.29 is 4.92 Å². The van der Waals surface area contributed by atoms with Crippen molar-refractivity contribution in [3.8, 4) is 0 Å². The summed E-state index contributed by atoms with van der Waals surface area (Å²) in [4.78, 5) is 18.9. The summed E-state index contributed by atoms with van der Waals surface area (Å²) in [5.41, 5.74) is 1.01. The molecule has 1 aromatic heterocycles. The van der Waals surface area contributed by atoms with Crippen LogP contribution in [0.5, 0.6) is 0 Å². The van der Waals surface area contributed by atoms with Crippen LogP contribution >= 0.6 is 23.4 Å². The quantitative estimate of drug-likeness (QED) is 0.373. The van der Waals surface area contributed by atoms with Crippen molar-refractivity contribution in [2.24, 2.45) is 0 Å². The molecule has 114 valence electrons. The van der Waals surface area contributed by atoms with E-state index in [-0.39, 0.29) is 5.69 Å². The summed E-state index contributed by atoms with van der Waals surface area (Å²) in [6, 6.07) is 7.82. The van der Waals surface area contributed by atoms with Crippen LogP contribution in [0.15, 0.2) is 35.6 Å². The fourth-order valence-electron chi connectivity index (χ4n) is 1.82. The van der Waals surface area contributed by atoms with Gasteiger partial charge in [0.05, 0.1) is 4.92 Å². The molecule has 0 radical (unpaired) electrons. The van der Waals surface area contributed by atoms with Gasteiger partial charge < -0.3 is 5.32 Å². The lowest BCUT2D eigenvalue weighted by Crippen LogP contribution is -2.07. The molecule has 1 heterocycles. The van der Waals surface area contributed by atoms with Gasteiger partial charge in [0.1, 0.15) is 6.20 Å². The van der Waals surface area contributed by atoms with Gasteiger partial charge in [0, 0.05) is 16.8 Å². The Hall–Kier alpha value is -1.86. The van der Waals surface area contributed by atoms with Crippen molar-refractivity contribution in [3.05, 3.63) is 51.2 Å². The van der Waals surface area contributed by atoms with E-state index >= 15 is 0 Å². The molecule has 0 saturated heterocycles. The first-order chi connectivity index (χ1) is 10.6. The van der Waals surface area contributed by atoms with E-state index in [1.54, 1.807) is 0 Å². The first-order valence-corrected chi connectivity index (χ1v) is 8.13. The van der Waals surface area contributed by atoms with Crippen LogP contribution in [0.2, 0.25) is 5.02 Å². The number of hydrogen-bond donors (Lipinski definition) is 1. The smallest absolute Gasteiger partial charge is 0.329 e. The molecular formula is C14H13ClN4O2S. The zero-order valence-corrected chi connectivity index (χ0v) is 13.1. The Kier molecular flexibility index (Phi) is 4.44. The van der Waals surface area contributed by atoms with Gasteiger partial charge in [0.25, 0.3) is 0 Å². The Morgan fingerprint density at radius 3 is 2.73 bits per heavy atom. The molecule has 1 saturated carbocycles. The van der Waals surface area contributed by atoms with Gasteiger partial charge in [-0.2, -0.15) is 4.98 Å². The molecule has 1 aliphatic rings. The predicted molar refractivity (Wildman–Crippen MR) is 86.3 cm³/mol. The molecule has 0 unspecified atom stereocenters. The Balaban J connectivity index is 1.72. The second kappa shape index (κ2) is 6.50. The normalized spacial score (nSPS) is 13.9. The predicted octanol–water partition coefficient (Wildman–Crippen LogP) is 3.90. The van der Waals surface area contributed by atoms with Crippen LogP contribution in [0.1, 0.15) is 18.4 Å². The number of nitrogens with zero attached hydrogens (tertiary/aromatic N) is 3. The first kappa shape index (κ1) is 15.1. The lowest BCUT2D eigenvalue weighted by molar-refractivity contribution is -0.384. The van der Waals surface area contributed by atoms with Crippen LogP contribution in [0.4, 0.5) is 11.5 Å². The van der Waals surface area contributed by atoms with Crippen LogP contribution in [0.25, 0.3) is 0 Å². The minimum absolute atomic E-state index is 0.0808. The molecule has 8 heteroatoms. The third kappa shape index (κ3) is 3.86. The summed E-state index contributed by atoms with van der Waals surface area (Å²) >= 11 is 7.28. The molecule has 6 nitrogen and oxygen atoms in total. The average molecular weight is 337 g/mol. The topological polar surface area (TPSA) is 81.0 Å². The van der Waals surface area contributed by atoms with E-state index in [0.717, 1.165) is 18.4 Å². The minimum Gasteiger partial charge on any atom is -0.361 e. The molecule has 1 aliphatic carbocycles. The SMILES string of the molecule is O=[N+]([O-])c1cnc(SCc2ccc(Cl)cc2)nc1NC1CC1. The Bertz CT molecular complexity index is 692. The summed E-state index contributed by atoms with van der Waals surface area (Å²) in [5.74, 6) is 0.985. The first-order valence-electron chi connectivity index (χ1n) is 6.77. The Labute approximate surface area is 136 Å². The maximum Gasteiger partial charge on any atom is 0.329 e. The van der Waals surface area contributed by atoms with Crippen LogP contribution < -0.4 is 5.32 Å². The van der Waals surface area contributed by atoms with Crippen LogP contribution in [0, 0.1) is 10.1 Å². The Morgan fingerprint density at radius 2 is 2.09 bits per heavy atom. The number of thioether (sulfide) groups is 1. The number of nitro groups is 1. The highest BCUT2D eigenvalue weighted by Gasteiger charge is 2.26. The lowest BCUT2D eigenvalue weighted by Gasteiger charge is -2.06. The van der Waals surface area contributed by atoms with E-state index in [2.05, 4.69) is 15.3 Å². The van der Waals surface area contributed by atoms with Gasteiger partial charge in [0.2, 0.25) is 5.82 Å². The fourth-order valence-corrected chi connectivity index (χ4v) is 2.72. The highest BCUT2D eigenvalue weighted by atomic mass is 35.5. The van der Waals surface area contributed by atoms with Crippen LogP contribution in [0.3, 0.4) is 0 Å². The number of nitrogens with one attached hydrogen (secondary N) is 1. The molecule has 0 aliphatic heterocycles. The summed E-state index contributed by atoms with van der Waals surface area (Å²) in [6.07, 6.45) is 3.31. The van der Waals surface area contributed by atoms with E-state index in [1.165, 1.54) is 18.0 Å². The zero-order valence-electron chi connectivity index (χ0n) is 11.5. The standard InChI is InChI=1S/C14H13ClN4O2S/c15-10-3-1-9(2-4-10)8-22-14-16-7-12(19(20)21)13(18-14)17-11-5-6-11/h1-4,7,11H,5-6,8H2,(H,16,17,18). The zero-order chi connectivity index (χ0) is 15.5. The number of anilines is 1. The molecule has 2 aromatic rings. The van der Waals surface area contributed by atoms with E-state index in [9.17, 15) is 10.1 Å². The molecule has 0 spiro atoms. The summed E-state index contributed by atoms with van der Waals surface area (Å²) < 4.78 is 0. The summed E-state index contributed by atoms with van der Waals surface area (Å²) in [6.45, 7) is 0. The van der Waals surface area contributed by atoms with Crippen molar-refractivity contribution in [2.45, 2.75) is 29.8 Å². The van der Waals surface area contributed by atoms with Crippen LogP contribution in [-0.2, 0) is 5.75 Å². The summed E-state index contributed by atoms with van der Waals surface area (Å²) in [7, 11) is 0. The molecular weight excluding hydrogens is 324 g/mol. The Morgan fingerprint density at radius 1 is 1.36 bits per heavy atom. The molecule has 0 atom stereocenters.